The third kappa shape index (κ3) is 5.68. The average Bonchev–Trinajstić information content (AvgIpc) is 2.85. The first kappa shape index (κ1) is 28.0. The maximum absolute atomic E-state index is 14.8. The highest BCUT2D eigenvalue weighted by Crippen LogP contribution is 2.40. The van der Waals surface area contributed by atoms with Crippen molar-refractivity contribution in [1.29, 1.82) is 0 Å². The Hall–Kier alpha value is -3.04. The van der Waals surface area contributed by atoms with E-state index in [1.807, 2.05) is 26.0 Å². The highest BCUT2D eigenvalue weighted by molar-refractivity contribution is 5.92. The molecule has 1 heterocycles. The number of benzene rings is 2. The number of nitrogens with one attached hydrogen (secondary N) is 1. The smallest absolute Gasteiger partial charge is 0.300 e. The van der Waals surface area contributed by atoms with E-state index in [0.29, 0.717) is 53.4 Å². The number of aryl methyl sites for hydroxylation is 1. The van der Waals surface area contributed by atoms with E-state index in [0.717, 1.165) is 32.1 Å². The van der Waals surface area contributed by atoms with Crippen LogP contribution in [0.15, 0.2) is 36.4 Å². The van der Waals surface area contributed by atoms with E-state index in [1.165, 1.54) is 12.1 Å². The molecule has 0 saturated heterocycles. The third-order valence-corrected chi connectivity index (χ3v) is 7.15. The van der Waals surface area contributed by atoms with Gasteiger partial charge in [0.2, 0.25) is 0 Å². The standard InChI is InChI=1S/C29H37F2N3O4/c1-7-37-24-12-11-20(24)16-38-26-14-22-23(15-25(26)36-6)33-18(3)34-27(22)32-17(2)19-9-8-10-21(13-19)29(30,31)28(4,5)35/h8-10,13-15,17,20,24,35H,7,11-12,16H2,1-6H3,(H,32,33,34)/t17-,20?,24?/m1/s1. The number of ether oxygens (including phenoxy) is 3. The number of fused-ring (bicyclic) bond motifs is 1. The first-order chi connectivity index (χ1) is 17.9. The summed E-state index contributed by atoms with van der Waals surface area (Å²) < 4.78 is 47.2. The summed E-state index contributed by atoms with van der Waals surface area (Å²) in [6.45, 7) is 9.07. The number of methoxy groups -OCH3 is 1. The molecule has 38 heavy (non-hydrogen) atoms. The highest BCUT2D eigenvalue weighted by atomic mass is 19.3. The second-order valence-electron chi connectivity index (χ2n) is 10.4. The van der Waals surface area contributed by atoms with Crippen molar-refractivity contribution in [3.05, 3.63) is 53.3 Å². The Morgan fingerprint density at radius 3 is 2.53 bits per heavy atom. The number of rotatable bonds is 11. The van der Waals surface area contributed by atoms with E-state index in [9.17, 15) is 13.9 Å². The predicted molar refractivity (Wildman–Crippen MR) is 143 cm³/mol. The normalized spacial score (nSPS) is 18.7. The zero-order valence-electron chi connectivity index (χ0n) is 22.8. The van der Waals surface area contributed by atoms with Crippen LogP contribution in [-0.4, -0.2) is 47.1 Å². The molecule has 1 fully saturated rings. The molecule has 2 aromatic carbocycles. The van der Waals surface area contributed by atoms with Crippen molar-refractivity contribution in [2.45, 2.75) is 71.1 Å². The minimum absolute atomic E-state index is 0.218. The molecule has 2 unspecified atom stereocenters. The van der Waals surface area contributed by atoms with E-state index in [2.05, 4.69) is 15.3 Å². The van der Waals surface area contributed by atoms with Gasteiger partial charge in [-0.25, -0.2) is 9.97 Å². The molecule has 206 valence electrons. The van der Waals surface area contributed by atoms with Gasteiger partial charge < -0.3 is 24.6 Å². The van der Waals surface area contributed by atoms with Crippen molar-refractivity contribution in [3.63, 3.8) is 0 Å². The summed E-state index contributed by atoms with van der Waals surface area (Å²) in [6.07, 6.45) is 2.31. The summed E-state index contributed by atoms with van der Waals surface area (Å²) in [4.78, 5) is 9.17. The molecule has 0 spiro atoms. The highest BCUT2D eigenvalue weighted by Gasteiger charge is 2.47. The fraction of sp³-hybridized carbons (Fsp3) is 0.517. The van der Waals surface area contributed by atoms with E-state index in [1.54, 1.807) is 26.2 Å². The molecule has 7 nitrogen and oxygen atoms in total. The van der Waals surface area contributed by atoms with Crippen molar-refractivity contribution >= 4 is 16.7 Å². The van der Waals surface area contributed by atoms with Gasteiger partial charge in [0.25, 0.3) is 0 Å². The van der Waals surface area contributed by atoms with Gasteiger partial charge in [-0.15, -0.1) is 0 Å². The van der Waals surface area contributed by atoms with E-state index in [-0.39, 0.29) is 17.7 Å². The molecular formula is C29H37F2N3O4. The molecule has 1 saturated carbocycles. The number of aromatic nitrogens is 2. The molecule has 3 atom stereocenters. The van der Waals surface area contributed by atoms with Crippen LogP contribution in [0.3, 0.4) is 0 Å². The van der Waals surface area contributed by atoms with Crippen LogP contribution in [0.1, 0.15) is 63.5 Å². The van der Waals surface area contributed by atoms with E-state index >= 15 is 0 Å². The second kappa shape index (κ2) is 11.0. The van der Waals surface area contributed by atoms with Crippen LogP contribution >= 0.6 is 0 Å². The van der Waals surface area contributed by atoms with Crippen molar-refractivity contribution < 1.29 is 28.1 Å². The van der Waals surface area contributed by atoms with Crippen molar-refractivity contribution in [1.82, 2.24) is 9.97 Å². The second-order valence-corrected chi connectivity index (χ2v) is 10.4. The molecule has 3 aromatic rings. The zero-order valence-corrected chi connectivity index (χ0v) is 22.8. The largest absolute Gasteiger partial charge is 0.493 e. The summed E-state index contributed by atoms with van der Waals surface area (Å²) in [5.74, 6) is -0.815. The lowest BCUT2D eigenvalue weighted by molar-refractivity contribution is -0.168. The van der Waals surface area contributed by atoms with Gasteiger partial charge in [0.05, 0.1) is 25.3 Å². The number of alkyl halides is 2. The Kier molecular flexibility index (Phi) is 8.09. The number of anilines is 1. The van der Waals surface area contributed by atoms with Gasteiger partial charge in [-0.1, -0.05) is 18.2 Å². The third-order valence-electron chi connectivity index (χ3n) is 7.15. The first-order valence-corrected chi connectivity index (χ1v) is 13.0. The Bertz CT molecular complexity index is 1280. The lowest BCUT2D eigenvalue weighted by Crippen LogP contribution is -2.40. The van der Waals surface area contributed by atoms with Crippen LogP contribution in [-0.2, 0) is 10.7 Å². The van der Waals surface area contributed by atoms with Gasteiger partial charge in [-0.05, 0) is 65.2 Å². The van der Waals surface area contributed by atoms with Gasteiger partial charge >= 0.3 is 5.92 Å². The van der Waals surface area contributed by atoms with Crippen LogP contribution in [0.2, 0.25) is 0 Å². The molecule has 2 N–H and O–H groups in total. The maximum Gasteiger partial charge on any atom is 0.300 e. The molecule has 1 aliphatic carbocycles. The molecule has 1 aliphatic rings. The number of nitrogens with zero attached hydrogens (tertiary/aromatic N) is 2. The van der Waals surface area contributed by atoms with Gasteiger partial charge in [-0.2, -0.15) is 8.78 Å². The van der Waals surface area contributed by atoms with E-state index < -0.39 is 11.5 Å². The summed E-state index contributed by atoms with van der Waals surface area (Å²) >= 11 is 0. The fourth-order valence-corrected chi connectivity index (χ4v) is 4.64. The molecule has 0 aliphatic heterocycles. The van der Waals surface area contributed by atoms with Crippen LogP contribution in [0.25, 0.3) is 10.9 Å². The Balaban J connectivity index is 1.62. The van der Waals surface area contributed by atoms with Gasteiger partial charge in [0.15, 0.2) is 11.5 Å². The Morgan fingerprint density at radius 1 is 1.13 bits per heavy atom. The number of aliphatic hydroxyl groups is 1. The van der Waals surface area contributed by atoms with Gasteiger partial charge in [-0.3, -0.25) is 0 Å². The molecule has 9 heteroatoms. The van der Waals surface area contributed by atoms with Crippen molar-refractivity contribution in [3.8, 4) is 11.5 Å². The van der Waals surface area contributed by atoms with Crippen molar-refractivity contribution in [2.24, 2.45) is 5.92 Å². The van der Waals surface area contributed by atoms with Crippen LogP contribution in [0, 0.1) is 12.8 Å². The van der Waals surface area contributed by atoms with Crippen LogP contribution < -0.4 is 14.8 Å². The SMILES string of the molecule is CCOC1CCC1COc1cc2c(N[C@H](C)c3cccc(C(F)(F)C(C)(C)O)c3)nc(C)nc2cc1OC. The number of hydrogen-bond acceptors (Lipinski definition) is 7. The Labute approximate surface area is 222 Å². The maximum atomic E-state index is 14.8. The molecule has 0 amide bonds. The summed E-state index contributed by atoms with van der Waals surface area (Å²) in [6, 6.07) is 9.39. The van der Waals surface area contributed by atoms with Gasteiger partial charge in [0.1, 0.15) is 17.2 Å². The monoisotopic (exact) mass is 529 g/mol. The quantitative estimate of drug-likeness (QED) is 0.307. The molecule has 4 rings (SSSR count). The van der Waals surface area contributed by atoms with Crippen molar-refractivity contribution in [2.75, 3.05) is 25.6 Å². The topological polar surface area (TPSA) is 85.7 Å². The number of hydrogen-bond donors (Lipinski definition) is 2. The Morgan fingerprint density at radius 2 is 1.89 bits per heavy atom. The number of halogens is 2. The summed E-state index contributed by atoms with van der Waals surface area (Å²) in [5, 5.41) is 14.1. The minimum atomic E-state index is -3.41. The first-order valence-electron chi connectivity index (χ1n) is 13.0. The van der Waals surface area contributed by atoms with E-state index in [4.69, 9.17) is 14.2 Å². The average molecular weight is 530 g/mol. The molecule has 0 radical (unpaired) electrons. The van der Waals surface area contributed by atoms with Crippen LogP contribution in [0.5, 0.6) is 11.5 Å². The zero-order chi connectivity index (χ0) is 27.7. The van der Waals surface area contributed by atoms with Gasteiger partial charge in [0, 0.05) is 35.6 Å². The lowest BCUT2D eigenvalue weighted by atomic mass is 9.82. The van der Waals surface area contributed by atoms with Crippen LogP contribution in [0.4, 0.5) is 14.6 Å². The summed E-state index contributed by atoms with van der Waals surface area (Å²) in [7, 11) is 1.59. The predicted octanol–water partition coefficient (Wildman–Crippen LogP) is 6.18. The molecule has 0 bridgehead atoms. The lowest BCUT2D eigenvalue weighted by Gasteiger charge is -2.35. The molecule has 1 aromatic heterocycles. The fourth-order valence-electron chi connectivity index (χ4n) is 4.64. The summed E-state index contributed by atoms with van der Waals surface area (Å²) in [5.41, 5.74) is -1.14. The molecular weight excluding hydrogens is 492 g/mol. The minimum Gasteiger partial charge on any atom is -0.493 e.